The smallest absolute Gasteiger partial charge is 0.324 e. The van der Waals surface area contributed by atoms with Gasteiger partial charge in [0.05, 0.1) is 5.92 Å². The van der Waals surface area contributed by atoms with Crippen molar-refractivity contribution in [1.29, 1.82) is 0 Å². The van der Waals surface area contributed by atoms with Gasteiger partial charge in [-0.25, -0.2) is 4.79 Å². The molecule has 2 saturated heterocycles. The van der Waals surface area contributed by atoms with Crippen molar-refractivity contribution in [2.45, 2.75) is 31.6 Å². The lowest BCUT2D eigenvalue weighted by molar-refractivity contribution is -0.132. The van der Waals surface area contributed by atoms with Crippen LogP contribution in [-0.2, 0) is 9.59 Å². The van der Waals surface area contributed by atoms with E-state index in [0.29, 0.717) is 38.0 Å². The third-order valence-corrected chi connectivity index (χ3v) is 5.75. The number of imide groups is 1. The Labute approximate surface area is 165 Å². The number of urea groups is 1. The first kappa shape index (κ1) is 18.6. The lowest BCUT2D eigenvalue weighted by Gasteiger charge is -2.32. The molecule has 2 aliphatic heterocycles. The first-order valence-electron chi connectivity index (χ1n) is 9.32. The first-order valence-corrected chi connectivity index (χ1v) is 10.3. The number of aromatic nitrogens is 2. The molecule has 2 aromatic heterocycles. The summed E-state index contributed by atoms with van der Waals surface area (Å²) in [5.41, 5.74) is 0.908. The summed E-state index contributed by atoms with van der Waals surface area (Å²) >= 11 is 1.57. The highest BCUT2D eigenvalue weighted by Crippen LogP contribution is 2.29. The zero-order valence-electron chi connectivity index (χ0n) is 15.3. The van der Waals surface area contributed by atoms with Crippen LogP contribution in [0.1, 0.15) is 37.5 Å². The molecule has 0 aromatic carbocycles. The SMILES string of the molecule is O=C1CCN(CCC(=O)N2CCCC(c3nnc(-c4ccsc4)o3)C2)C(=O)N1. The van der Waals surface area contributed by atoms with Gasteiger partial charge in [0.25, 0.3) is 0 Å². The topological polar surface area (TPSA) is 109 Å². The predicted molar refractivity (Wildman–Crippen MR) is 101 cm³/mol. The maximum Gasteiger partial charge on any atom is 0.324 e. The number of piperidine rings is 1. The van der Waals surface area contributed by atoms with Crippen molar-refractivity contribution in [2.75, 3.05) is 26.2 Å². The van der Waals surface area contributed by atoms with Gasteiger partial charge < -0.3 is 14.2 Å². The van der Waals surface area contributed by atoms with E-state index < -0.39 is 6.03 Å². The maximum absolute atomic E-state index is 12.6. The van der Waals surface area contributed by atoms with Crippen LogP contribution >= 0.6 is 11.3 Å². The van der Waals surface area contributed by atoms with E-state index in [4.69, 9.17) is 4.42 Å². The van der Waals surface area contributed by atoms with Crippen LogP contribution in [0.25, 0.3) is 11.5 Å². The van der Waals surface area contributed by atoms with Crippen LogP contribution in [0.5, 0.6) is 0 Å². The molecule has 1 unspecified atom stereocenters. The van der Waals surface area contributed by atoms with E-state index >= 15 is 0 Å². The zero-order chi connectivity index (χ0) is 19.5. The summed E-state index contributed by atoms with van der Waals surface area (Å²) in [7, 11) is 0. The van der Waals surface area contributed by atoms with Gasteiger partial charge in [-0.05, 0) is 24.3 Å². The Kier molecular flexibility index (Phi) is 5.38. The highest BCUT2D eigenvalue weighted by Gasteiger charge is 2.29. The minimum atomic E-state index is -0.424. The number of nitrogens with zero attached hydrogens (tertiary/aromatic N) is 4. The van der Waals surface area contributed by atoms with Gasteiger partial charge in [0.15, 0.2) is 0 Å². The number of nitrogens with one attached hydrogen (secondary N) is 1. The molecule has 2 aromatic rings. The van der Waals surface area contributed by atoms with Gasteiger partial charge in [0.2, 0.25) is 23.6 Å². The van der Waals surface area contributed by atoms with Crippen molar-refractivity contribution in [3.8, 4) is 11.5 Å². The number of hydrogen-bond acceptors (Lipinski definition) is 7. The predicted octanol–water partition coefficient (Wildman–Crippen LogP) is 1.84. The summed E-state index contributed by atoms with van der Waals surface area (Å²) in [4.78, 5) is 38.9. The van der Waals surface area contributed by atoms with Gasteiger partial charge in [-0.2, -0.15) is 11.3 Å². The Hall–Kier alpha value is -2.75. The van der Waals surface area contributed by atoms with E-state index in [2.05, 4.69) is 15.5 Å². The summed E-state index contributed by atoms with van der Waals surface area (Å²) in [6.45, 7) is 1.89. The van der Waals surface area contributed by atoms with Gasteiger partial charge in [-0.15, -0.1) is 10.2 Å². The molecule has 28 heavy (non-hydrogen) atoms. The molecule has 0 spiro atoms. The molecule has 4 rings (SSSR count). The van der Waals surface area contributed by atoms with Crippen LogP contribution in [0.2, 0.25) is 0 Å². The molecule has 0 bridgehead atoms. The molecule has 4 amide bonds. The third-order valence-electron chi connectivity index (χ3n) is 5.07. The molecule has 10 heteroatoms. The van der Waals surface area contributed by atoms with E-state index in [-0.39, 0.29) is 30.6 Å². The van der Waals surface area contributed by atoms with Crippen LogP contribution in [0.15, 0.2) is 21.2 Å². The van der Waals surface area contributed by atoms with Gasteiger partial charge in [0, 0.05) is 50.0 Å². The van der Waals surface area contributed by atoms with Crippen LogP contribution in [0.4, 0.5) is 4.79 Å². The summed E-state index contributed by atoms with van der Waals surface area (Å²) < 4.78 is 5.83. The van der Waals surface area contributed by atoms with Crippen molar-refractivity contribution < 1.29 is 18.8 Å². The summed E-state index contributed by atoms with van der Waals surface area (Å²) in [5, 5.41) is 14.5. The van der Waals surface area contributed by atoms with Crippen molar-refractivity contribution in [1.82, 2.24) is 25.3 Å². The van der Waals surface area contributed by atoms with E-state index in [1.54, 1.807) is 16.2 Å². The molecule has 1 N–H and O–H groups in total. The number of rotatable bonds is 5. The zero-order valence-corrected chi connectivity index (χ0v) is 16.1. The van der Waals surface area contributed by atoms with Crippen LogP contribution < -0.4 is 5.32 Å². The Morgan fingerprint density at radius 2 is 2.21 bits per heavy atom. The molecule has 2 fully saturated rings. The second kappa shape index (κ2) is 8.09. The molecule has 1 atom stereocenters. The van der Waals surface area contributed by atoms with Crippen LogP contribution in [0, 0.1) is 0 Å². The molecular formula is C18H21N5O4S. The Bertz CT molecular complexity index is 865. The number of carbonyl (C=O) groups excluding carboxylic acids is 3. The number of thiophene rings is 1. The minimum Gasteiger partial charge on any atom is -0.420 e. The second-order valence-electron chi connectivity index (χ2n) is 6.98. The monoisotopic (exact) mass is 403 g/mol. The highest BCUT2D eigenvalue weighted by atomic mass is 32.1. The second-order valence-corrected chi connectivity index (χ2v) is 7.76. The lowest BCUT2D eigenvalue weighted by Crippen LogP contribution is -2.50. The van der Waals surface area contributed by atoms with Gasteiger partial charge in [-0.3, -0.25) is 14.9 Å². The lowest BCUT2D eigenvalue weighted by atomic mass is 9.98. The van der Waals surface area contributed by atoms with E-state index in [9.17, 15) is 14.4 Å². The molecule has 4 heterocycles. The quantitative estimate of drug-likeness (QED) is 0.816. The van der Waals surface area contributed by atoms with Crippen molar-refractivity contribution in [3.05, 3.63) is 22.7 Å². The number of likely N-dealkylation sites (tertiary alicyclic amines) is 1. The van der Waals surface area contributed by atoms with Gasteiger partial charge >= 0.3 is 6.03 Å². The number of amides is 4. The molecule has 148 valence electrons. The Morgan fingerprint density at radius 1 is 1.32 bits per heavy atom. The van der Waals surface area contributed by atoms with Crippen molar-refractivity contribution >= 4 is 29.2 Å². The van der Waals surface area contributed by atoms with E-state index in [0.717, 1.165) is 18.4 Å². The average Bonchev–Trinajstić information content (AvgIpc) is 3.39. The van der Waals surface area contributed by atoms with Crippen LogP contribution in [-0.4, -0.2) is 64.0 Å². The fourth-order valence-corrected chi connectivity index (χ4v) is 4.14. The molecule has 9 nitrogen and oxygen atoms in total. The minimum absolute atomic E-state index is 0.00743. The van der Waals surface area contributed by atoms with Gasteiger partial charge in [-0.1, -0.05) is 0 Å². The first-order chi connectivity index (χ1) is 13.6. The van der Waals surface area contributed by atoms with Crippen molar-refractivity contribution in [3.63, 3.8) is 0 Å². The molecular weight excluding hydrogens is 382 g/mol. The third kappa shape index (κ3) is 4.06. The summed E-state index contributed by atoms with van der Waals surface area (Å²) in [5.74, 6) is 0.811. The standard InChI is InChI=1S/C18H21N5O4S/c24-14-3-7-22(18(26)19-14)8-4-15(25)23-6-1-2-12(10-23)16-20-21-17(27-16)13-5-9-28-11-13/h5,9,11-12H,1-4,6-8,10H2,(H,19,24,26). The Morgan fingerprint density at radius 3 is 3.00 bits per heavy atom. The normalized spacial score (nSPS) is 20.4. The molecule has 0 radical (unpaired) electrons. The fraction of sp³-hybridized carbons (Fsp3) is 0.500. The highest BCUT2D eigenvalue weighted by molar-refractivity contribution is 7.08. The average molecular weight is 403 g/mol. The molecule has 0 saturated carbocycles. The fourth-order valence-electron chi connectivity index (χ4n) is 3.51. The molecule has 2 aliphatic rings. The van der Waals surface area contributed by atoms with Crippen LogP contribution in [0.3, 0.4) is 0 Å². The van der Waals surface area contributed by atoms with Gasteiger partial charge in [0.1, 0.15) is 0 Å². The number of hydrogen-bond donors (Lipinski definition) is 1. The van der Waals surface area contributed by atoms with Crippen molar-refractivity contribution in [2.24, 2.45) is 0 Å². The Balaban J connectivity index is 1.32. The largest absolute Gasteiger partial charge is 0.420 e. The number of carbonyl (C=O) groups is 3. The summed E-state index contributed by atoms with van der Waals surface area (Å²) in [6.07, 6.45) is 2.27. The molecule has 0 aliphatic carbocycles. The van der Waals surface area contributed by atoms with E-state index in [1.807, 2.05) is 16.8 Å². The van der Waals surface area contributed by atoms with E-state index in [1.165, 1.54) is 4.90 Å². The summed E-state index contributed by atoms with van der Waals surface area (Å²) in [6, 6.07) is 1.51. The maximum atomic E-state index is 12.6.